The van der Waals surface area contributed by atoms with Gasteiger partial charge in [0.2, 0.25) is 0 Å². The second-order valence-electron chi connectivity index (χ2n) is 7.55. The SMILES string of the molecule is O=C(Cn1nnc(CCN2C(=O)c3ccccc3C2=O)n1)c1ccc2c(c1)CCC2. The van der Waals surface area contributed by atoms with E-state index in [2.05, 4.69) is 15.4 Å². The van der Waals surface area contributed by atoms with Gasteiger partial charge in [0.05, 0.1) is 11.1 Å². The Morgan fingerprint density at radius 3 is 2.47 bits per heavy atom. The van der Waals surface area contributed by atoms with Crippen molar-refractivity contribution in [3.05, 3.63) is 76.1 Å². The predicted octanol–water partition coefficient (Wildman–Crippen LogP) is 1.88. The first-order chi connectivity index (χ1) is 14.6. The number of tetrazole rings is 1. The third kappa shape index (κ3) is 3.20. The summed E-state index contributed by atoms with van der Waals surface area (Å²) in [5, 5.41) is 12.1. The Labute approximate surface area is 172 Å². The number of Topliss-reactive ketones (excluding diaryl/α,β-unsaturated/α-hetero) is 1. The summed E-state index contributed by atoms with van der Waals surface area (Å²) in [5.74, 6) is -0.313. The van der Waals surface area contributed by atoms with E-state index in [-0.39, 0.29) is 37.1 Å². The minimum absolute atomic E-state index is 0.00119. The van der Waals surface area contributed by atoms with Crippen LogP contribution in [-0.2, 0) is 25.8 Å². The van der Waals surface area contributed by atoms with Gasteiger partial charge in [0.15, 0.2) is 11.6 Å². The van der Waals surface area contributed by atoms with E-state index < -0.39 is 0 Å². The van der Waals surface area contributed by atoms with Crippen LogP contribution < -0.4 is 0 Å². The van der Waals surface area contributed by atoms with Gasteiger partial charge in [-0.05, 0) is 53.8 Å². The minimum atomic E-state index is -0.310. The second-order valence-corrected chi connectivity index (χ2v) is 7.55. The number of benzene rings is 2. The highest BCUT2D eigenvalue weighted by atomic mass is 16.2. The first kappa shape index (κ1) is 18.4. The minimum Gasteiger partial charge on any atom is -0.292 e. The molecular weight excluding hydrogens is 382 g/mol. The molecule has 0 unspecified atom stereocenters. The number of aryl methyl sites for hydroxylation is 2. The van der Waals surface area contributed by atoms with Gasteiger partial charge in [-0.2, -0.15) is 4.80 Å². The van der Waals surface area contributed by atoms with Crippen LogP contribution in [0.3, 0.4) is 0 Å². The quantitative estimate of drug-likeness (QED) is 0.462. The van der Waals surface area contributed by atoms with Gasteiger partial charge in [0.25, 0.3) is 11.8 Å². The fourth-order valence-electron chi connectivity index (χ4n) is 4.06. The molecule has 0 saturated heterocycles. The number of nitrogens with zero attached hydrogens (tertiary/aromatic N) is 5. The molecule has 8 heteroatoms. The summed E-state index contributed by atoms with van der Waals surface area (Å²) in [7, 11) is 0. The fraction of sp³-hybridized carbons (Fsp3) is 0.273. The van der Waals surface area contributed by atoms with Crippen molar-refractivity contribution in [2.24, 2.45) is 0 Å². The number of rotatable bonds is 6. The number of hydrogen-bond acceptors (Lipinski definition) is 6. The predicted molar refractivity (Wildman–Crippen MR) is 106 cm³/mol. The molecule has 0 radical (unpaired) electrons. The van der Waals surface area contributed by atoms with E-state index >= 15 is 0 Å². The van der Waals surface area contributed by atoms with Gasteiger partial charge < -0.3 is 0 Å². The third-order valence-electron chi connectivity index (χ3n) is 5.64. The number of fused-ring (bicyclic) bond motifs is 2. The molecule has 0 saturated carbocycles. The average molecular weight is 401 g/mol. The van der Waals surface area contributed by atoms with Gasteiger partial charge >= 0.3 is 0 Å². The molecule has 8 nitrogen and oxygen atoms in total. The second kappa shape index (κ2) is 7.29. The lowest BCUT2D eigenvalue weighted by atomic mass is 10.0. The lowest BCUT2D eigenvalue weighted by Crippen LogP contribution is -2.32. The third-order valence-corrected chi connectivity index (χ3v) is 5.64. The Kier molecular flexibility index (Phi) is 4.46. The standard InChI is InChI=1S/C22H19N5O3/c28-19(16-9-8-14-4-3-5-15(14)12-16)13-27-24-20(23-25-27)10-11-26-21(29)17-6-1-2-7-18(17)22(26)30/h1-2,6-9,12H,3-5,10-11,13H2. The van der Waals surface area contributed by atoms with Crippen molar-refractivity contribution in [1.29, 1.82) is 0 Å². The highest BCUT2D eigenvalue weighted by Crippen LogP contribution is 2.23. The van der Waals surface area contributed by atoms with Crippen molar-refractivity contribution in [3.63, 3.8) is 0 Å². The van der Waals surface area contributed by atoms with Crippen molar-refractivity contribution < 1.29 is 14.4 Å². The van der Waals surface area contributed by atoms with Crippen molar-refractivity contribution in [2.45, 2.75) is 32.2 Å². The van der Waals surface area contributed by atoms with E-state index in [0.717, 1.165) is 19.3 Å². The van der Waals surface area contributed by atoms with E-state index in [1.54, 1.807) is 24.3 Å². The highest BCUT2D eigenvalue weighted by Gasteiger charge is 2.34. The molecule has 150 valence electrons. The van der Waals surface area contributed by atoms with Crippen LogP contribution in [-0.4, -0.2) is 49.2 Å². The zero-order chi connectivity index (χ0) is 20.7. The van der Waals surface area contributed by atoms with Crippen LogP contribution in [0.5, 0.6) is 0 Å². The van der Waals surface area contributed by atoms with Gasteiger partial charge in [0, 0.05) is 18.5 Å². The highest BCUT2D eigenvalue weighted by molar-refractivity contribution is 6.21. The number of carbonyl (C=O) groups excluding carboxylic acids is 3. The van der Waals surface area contributed by atoms with Crippen LogP contribution in [0.4, 0.5) is 0 Å². The molecule has 2 amide bonds. The zero-order valence-corrected chi connectivity index (χ0v) is 16.2. The van der Waals surface area contributed by atoms with E-state index in [9.17, 15) is 14.4 Å². The summed E-state index contributed by atoms with van der Waals surface area (Å²) in [6, 6.07) is 12.6. The Balaban J connectivity index is 1.22. The molecule has 0 N–H and O–H groups in total. The molecule has 1 aliphatic carbocycles. The molecule has 0 fully saturated rings. The van der Waals surface area contributed by atoms with Gasteiger partial charge in [-0.3, -0.25) is 19.3 Å². The number of imide groups is 1. The lowest BCUT2D eigenvalue weighted by molar-refractivity contribution is 0.0655. The monoisotopic (exact) mass is 401 g/mol. The molecule has 5 rings (SSSR count). The van der Waals surface area contributed by atoms with Crippen molar-refractivity contribution in [3.8, 4) is 0 Å². The average Bonchev–Trinajstić information content (AvgIpc) is 3.46. The lowest BCUT2D eigenvalue weighted by Gasteiger charge is -2.11. The topological polar surface area (TPSA) is 98.0 Å². The van der Waals surface area contributed by atoms with Gasteiger partial charge in [-0.15, -0.1) is 10.2 Å². The molecule has 0 bridgehead atoms. The number of amides is 2. The molecule has 1 aliphatic heterocycles. The Hall–Kier alpha value is -3.68. The first-order valence-electron chi connectivity index (χ1n) is 9.97. The molecule has 2 heterocycles. The summed E-state index contributed by atoms with van der Waals surface area (Å²) >= 11 is 0. The van der Waals surface area contributed by atoms with Gasteiger partial charge in [-0.25, -0.2) is 0 Å². The number of hydrogen-bond donors (Lipinski definition) is 0. The molecule has 30 heavy (non-hydrogen) atoms. The van der Waals surface area contributed by atoms with Crippen LogP contribution in [0, 0.1) is 0 Å². The van der Waals surface area contributed by atoms with E-state index in [1.165, 1.54) is 20.8 Å². The van der Waals surface area contributed by atoms with Crippen molar-refractivity contribution in [2.75, 3.05) is 6.54 Å². The van der Waals surface area contributed by atoms with Gasteiger partial charge in [0.1, 0.15) is 6.54 Å². The molecular formula is C22H19N5O3. The Bertz CT molecular complexity index is 1150. The normalized spacial score (nSPS) is 14.9. The van der Waals surface area contributed by atoms with Crippen molar-refractivity contribution in [1.82, 2.24) is 25.1 Å². The molecule has 2 aromatic carbocycles. The maximum Gasteiger partial charge on any atom is 0.261 e. The summed E-state index contributed by atoms with van der Waals surface area (Å²) < 4.78 is 0. The molecule has 0 spiro atoms. The van der Waals surface area contributed by atoms with Crippen LogP contribution in [0.1, 0.15) is 54.4 Å². The number of carbonyl (C=O) groups is 3. The maximum atomic E-state index is 12.6. The summed E-state index contributed by atoms with van der Waals surface area (Å²) in [6.07, 6.45) is 3.50. The zero-order valence-electron chi connectivity index (χ0n) is 16.2. The molecule has 3 aromatic rings. The van der Waals surface area contributed by atoms with E-state index in [4.69, 9.17) is 0 Å². The van der Waals surface area contributed by atoms with E-state index in [1.807, 2.05) is 18.2 Å². The smallest absolute Gasteiger partial charge is 0.261 e. The van der Waals surface area contributed by atoms with Crippen LogP contribution in [0.15, 0.2) is 42.5 Å². The number of ketones is 1. The van der Waals surface area contributed by atoms with Crippen LogP contribution >= 0.6 is 0 Å². The molecule has 2 aliphatic rings. The van der Waals surface area contributed by atoms with Gasteiger partial charge in [-0.1, -0.05) is 24.3 Å². The van der Waals surface area contributed by atoms with Crippen molar-refractivity contribution >= 4 is 17.6 Å². The van der Waals surface area contributed by atoms with Crippen LogP contribution in [0.25, 0.3) is 0 Å². The Morgan fingerprint density at radius 2 is 1.70 bits per heavy atom. The first-order valence-corrected chi connectivity index (χ1v) is 9.97. The largest absolute Gasteiger partial charge is 0.292 e. The van der Waals surface area contributed by atoms with Crippen LogP contribution in [0.2, 0.25) is 0 Å². The Morgan fingerprint density at radius 1 is 0.967 bits per heavy atom. The fourth-order valence-corrected chi connectivity index (χ4v) is 4.06. The molecule has 1 aromatic heterocycles. The number of aromatic nitrogens is 4. The molecule has 0 atom stereocenters. The summed E-state index contributed by atoms with van der Waals surface area (Å²) in [5.41, 5.74) is 4.05. The van der Waals surface area contributed by atoms with E-state index in [0.29, 0.717) is 22.5 Å². The summed E-state index contributed by atoms with van der Waals surface area (Å²) in [4.78, 5) is 39.9. The maximum absolute atomic E-state index is 12.6. The summed E-state index contributed by atoms with van der Waals surface area (Å²) in [6.45, 7) is 0.162.